The van der Waals surface area contributed by atoms with Crippen LogP contribution >= 0.6 is 11.6 Å². The van der Waals surface area contributed by atoms with E-state index in [4.69, 9.17) is 16.9 Å². The van der Waals surface area contributed by atoms with Crippen molar-refractivity contribution in [3.63, 3.8) is 0 Å². The van der Waals surface area contributed by atoms with Crippen molar-refractivity contribution < 1.29 is 14.0 Å². The van der Waals surface area contributed by atoms with Crippen molar-refractivity contribution >= 4 is 23.1 Å². The second kappa shape index (κ2) is 3.99. The monoisotopic (exact) mass is 211 g/mol. The van der Waals surface area contributed by atoms with Crippen molar-refractivity contribution in [3.05, 3.63) is 34.6 Å². The number of hydrogen-bond donors (Lipinski definition) is 0. The fraction of sp³-hybridized carbons (Fsp3) is 0. The van der Waals surface area contributed by atoms with E-state index in [-0.39, 0.29) is 23.0 Å². The zero-order chi connectivity index (χ0) is 10.7. The topological polar surface area (TPSA) is 57.9 Å². The third kappa shape index (κ3) is 1.78. The summed E-state index contributed by atoms with van der Waals surface area (Å²) in [5.74, 6) is -0.928. The number of halogens is 2. The molecule has 0 N–H and O–H groups in total. The third-order valence-corrected chi connectivity index (χ3v) is 1.81. The lowest BCUT2D eigenvalue weighted by Gasteiger charge is -1.99. The van der Waals surface area contributed by atoms with Crippen LogP contribution in [0.25, 0.3) is 0 Å². The summed E-state index contributed by atoms with van der Waals surface area (Å²) in [6.07, 6.45) is 0.219. The highest BCUT2D eigenvalue weighted by molar-refractivity contribution is 6.67. The summed E-state index contributed by atoms with van der Waals surface area (Å²) >= 11 is 5.10. The van der Waals surface area contributed by atoms with Crippen LogP contribution in [-0.2, 0) is 0 Å². The Balaban J connectivity index is 3.48. The molecule has 0 spiro atoms. The van der Waals surface area contributed by atoms with Gasteiger partial charge in [-0.05, 0) is 23.7 Å². The number of carbonyl (C=O) groups is 2. The maximum absolute atomic E-state index is 13.1. The molecule has 0 saturated heterocycles. The van der Waals surface area contributed by atoms with Crippen molar-refractivity contribution in [2.75, 3.05) is 0 Å². The van der Waals surface area contributed by atoms with Gasteiger partial charge in [0.1, 0.15) is 11.9 Å². The fourth-order valence-corrected chi connectivity index (χ4v) is 1.05. The molecule has 0 fully saturated rings. The molecule has 0 atom stereocenters. The summed E-state index contributed by atoms with van der Waals surface area (Å²) in [6.45, 7) is 0. The number of rotatable bonds is 2. The molecule has 5 heteroatoms. The molecule has 0 amide bonds. The molecule has 3 nitrogen and oxygen atoms in total. The smallest absolute Gasteiger partial charge is 0.252 e. The Hall–Kier alpha value is -1.73. The van der Waals surface area contributed by atoms with Crippen molar-refractivity contribution in [2.24, 2.45) is 0 Å². The molecule has 0 aliphatic heterocycles. The Morgan fingerprint density at radius 1 is 1.57 bits per heavy atom. The molecule has 0 aliphatic carbocycles. The number of aldehydes is 1. The van der Waals surface area contributed by atoms with Crippen LogP contribution in [0.2, 0.25) is 0 Å². The van der Waals surface area contributed by atoms with Crippen LogP contribution in [-0.4, -0.2) is 11.5 Å². The third-order valence-electron chi connectivity index (χ3n) is 1.59. The molecule has 0 aromatic heterocycles. The molecule has 1 aromatic rings. The highest BCUT2D eigenvalue weighted by Crippen LogP contribution is 2.15. The second-order valence-electron chi connectivity index (χ2n) is 2.42. The summed E-state index contributed by atoms with van der Waals surface area (Å²) < 4.78 is 13.1. The van der Waals surface area contributed by atoms with Gasteiger partial charge in [-0.1, -0.05) is 0 Å². The Morgan fingerprint density at radius 2 is 2.21 bits per heavy atom. The number of nitrogens with zero attached hydrogens (tertiary/aromatic N) is 1. The van der Waals surface area contributed by atoms with Crippen LogP contribution in [0.3, 0.4) is 0 Å². The maximum Gasteiger partial charge on any atom is 0.252 e. The standard InChI is InChI=1S/C9H3ClFNO2/c10-9(14)5-1-6(3-12)7(4-13)8(11)2-5/h1-2,4H. The number of nitriles is 1. The molecular formula is C9H3ClFNO2. The Labute approximate surface area is 83.7 Å². The van der Waals surface area contributed by atoms with Gasteiger partial charge in [-0.2, -0.15) is 5.26 Å². The van der Waals surface area contributed by atoms with Crippen LogP contribution in [0.15, 0.2) is 12.1 Å². The van der Waals surface area contributed by atoms with E-state index in [1.54, 1.807) is 6.07 Å². The largest absolute Gasteiger partial charge is 0.298 e. The van der Waals surface area contributed by atoms with Gasteiger partial charge in [0.15, 0.2) is 6.29 Å². The molecule has 70 valence electrons. The molecule has 1 rings (SSSR count). The average molecular weight is 212 g/mol. The number of carbonyl (C=O) groups excluding carboxylic acids is 2. The molecule has 0 unspecified atom stereocenters. The highest BCUT2D eigenvalue weighted by Gasteiger charge is 2.12. The average Bonchev–Trinajstić information content (AvgIpc) is 2.16. The maximum atomic E-state index is 13.1. The van der Waals surface area contributed by atoms with Gasteiger partial charge in [-0.15, -0.1) is 0 Å². The number of hydrogen-bond acceptors (Lipinski definition) is 3. The van der Waals surface area contributed by atoms with Crippen molar-refractivity contribution in [1.82, 2.24) is 0 Å². The first kappa shape index (κ1) is 10.4. The van der Waals surface area contributed by atoms with E-state index in [1.807, 2.05) is 0 Å². The quantitative estimate of drug-likeness (QED) is 0.554. The van der Waals surface area contributed by atoms with Crippen LogP contribution in [0.5, 0.6) is 0 Å². The first-order valence-corrected chi connectivity index (χ1v) is 3.86. The van der Waals surface area contributed by atoms with Gasteiger partial charge in [-0.3, -0.25) is 9.59 Å². The van der Waals surface area contributed by atoms with Crippen molar-refractivity contribution in [2.45, 2.75) is 0 Å². The van der Waals surface area contributed by atoms with Gasteiger partial charge in [0.05, 0.1) is 11.1 Å². The van der Waals surface area contributed by atoms with Crippen LogP contribution in [0.4, 0.5) is 4.39 Å². The second-order valence-corrected chi connectivity index (χ2v) is 2.77. The molecule has 1 aromatic carbocycles. The Bertz CT molecular complexity index is 451. The molecule has 0 bridgehead atoms. The van der Waals surface area contributed by atoms with Gasteiger partial charge in [0.2, 0.25) is 0 Å². The van der Waals surface area contributed by atoms with E-state index in [0.29, 0.717) is 0 Å². The molecule has 0 aliphatic rings. The lowest BCUT2D eigenvalue weighted by Crippen LogP contribution is -1.98. The Morgan fingerprint density at radius 3 is 2.64 bits per heavy atom. The summed E-state index contributed by atoms with van der Waals surface area (Å²) in [5, 5.41) is 7.67. The molecule has 0 radical (unpaired) electrons. The van der Waals surface area contributed by atoms with E-state index in [2.05, 4.69) is 0 Å². The minimum Gasteiger partial charge on any atom is -0.298 e. The summed E-state index contributed by atoms with van der Waals surface area (Å²) in [7, 11) is 0. The van der Waals surface area contributed by atoms with E-state index in [9.17, 15) is 14.0 Å². The van der Waals surface area contributed by atoms with Gasteiger partial charge in [-0.25, -0.2) is 4.39 Å². The summed E-state index contributed by atoms with van der Waals surface area (Å²) in [6, 6.07) is 3.49. The van der Waals surface area contributed by atoms with E-state index < -0.39 is 11.1 Å². The van der Waals surface area contributed by atoms with Crippen LogP contribution in [0, 0.1) is 17.1 Å². The predicted octanol–water partition coefficient (Wildman–Crippen LogP) is 1.89. The zero-order valence-corrected chi connectivity index (χ0v) is 7.51. The lowest BCUT2D eigenvalue weighted by molar-refractivity contribution is 0.107. The first-order chi connectivity index (χ1) is 6.60. The normalized spacial score (nSPS) is 9.21. The van der Waals surface area contributed by atoms with Crippen molar-refractivity contribution in [1.29, 1.82) is 5.26 Å². The fourth-order valence-electron chi connectivity index (χ4n) is 0.944. The van der Waals surface area contributed by atoms with Crippen molar-refractivity contribution in [3.8, 4) is 6.07 Å². The minimum absolute atomic E-state index is 0.147. The molecule has 14 heavy (non-hydrogen) atoms. The number of benzene rings is 1. The Kier molecular flexibility index (Phi) is 2.95. The summed E-state index contributed by atoms with van der Waals surface area (Å²) in [4.78, 5) is 21.0. The molecule has 0 saturated carbocycles. The first-order valence-electron chi connectivity index (χ1n) is 3.48. The van der Waals surface area contributed by atoms with Gasteiger partial charge in [0.25, 0.3) is 5.24 Å². The van der Waals surface area contributed by atoms with E-state index in [0.717, 1.165) is 12.1 Å². The zero-order valence-electron chi connectivity index (χ0n) is 6.75. The predicted molar refractivity (Wildman–Crippen MR) is 46.7 cm³/mol. The van der Waals surface area contributed by atoms with Crippen LogP contribution < -0.4 is 0 Å². The van der Waals surface area contributed by atoms with E-state index >= 15 is 0 Å². The van der Waals surface area contributed by atoms with Gasteiger partial charge < -0.3 is 0 Å². The van der Waals surface area contributed by atoms with E-state index in [1.165, 1.54) is 0 Å². The lowest BCUT2D eigenvalue weighted by atomic mass is 10.1. The highest BCUT2D eigenvalue weighted by atomic mass is 35.5. The molecular weight excluding hydrogens is 209 g/mol. The van der Waals surface area contributed by atoms with Gasteiger partial charge >= 0.3 is 0 Å². The SMILES string of the molecule is N#Cc1cc(C(=O)Cl)cc(F)c1C=O. The summed E-state index contributed by atoms with van der Waals surface area (Å²) in [5.41, 5.74) is -0.718. The van der Waals surface area contributed by atoms with Gasteiger partial charge in [0, 0.05) is 5.56 Å². The molecule has 0 heterocycles. The van der Waals surface area contributed by atoms with Crippen LogP contribution in [0.1, 0.15) is 26.3 Å². The minimum atomic E-state index is -0.928.